The van der Waals surface area contributed by atoms with Crippen LogP contribution in [-0.2, 0) is 36.6 Å². The molecule has 69 heavy (non-hydrogen) atoms. The standard InChI is InChI=1S/C49H49ClN6O11S2/c1-49(2)25-32(51-31-10-4-8-30(24-31)43-41(50)42(67-26-39(58)59)44(68-43)47(62)63)18-20-55(49)69(65,66)27-28-7-3-11-33(23-28)54-22-21-53(48(54)64)19-6-9-29-14-15-36-40-34(29)12-5-13-35(40)46(61)56(36)37-16-17-38(57)52-45(37)60/h3-5,7-8,10-15,23-24,32,37,51H,6,9,16-22,25-27H2,1-2H3,(H,58,59)(H,62,63)(H,52,57,60)/t32-,37?/m0/s1. The van der Waals surface area contributed by atoms with Gasteiger partial charge in [0, 0.05) is 66.5 Å². The second kappa shape index (κ2) is 18.8. The maximum atomic E-state index is 14.1. The minimum atomic E-state index is -3.81. The predicted octanol–water partition coefficient (Wildman–Crippen LogP) is 7.21. The summed E-state index contributed by atoms with van der Waals surface area (Å²) in [5, 5.41) is 26.3. The fraction of sp³-hybridized carbons (Fsp3) is 0.347. The van der Waals surface area contributed by atoms with E-state index in [0.717, 1.165) is 27.7 Å². The first-order valence-corrected chi connectivity index (χ1v) is 25.4. The number of rotatable bonds is 16. The number of anilines is 3. The van der Waals surface area contributed by atoms with Crippen LogP contribution in [0.2, 0.25) is 5.02 Å². The molecule has 1 unspecified atom stereocenters. The fourth-order valence-electron chi connectivity index (χ4n) is 10.1. The van der Waals surface area contributed by atoms with Gasteiger partial charge in [0.25, 0.3) is 5.91 Å². The fourth-order valence-corrected chi connectivity index (χ4v) is 13.5. The van der Waals surface area contributed by atoms with Gasteiger partial charge in [-0.3, -0.25) is 29.5 Å². The van der Waals surface area contributed by atoms with Gasteiger partial charge in [-0.2, -0.15) is 4.31 Å². The van der Waals surface area contributed by atoms with Crippen LogP contribution in [-0.4, -0.2) is 114 Å². The largest absolute Gasteiger partial charge is 0.479 e. The molecule has 360 valence electrons. The topological polar surface area (TPSA) is 223 Å². The van der Waals surface area contributed by atoms with Crippen molar-refractivity contribution in [2.75, 3.05) is 47.9 Å². The summed E-state index contributed by atoms with van der Waals surface area (Å²) in [6.07, 6.45) is 2.70. The highest BCUT2D eigenvalue weighted by molar-refractivity contribution is 7.88. The molecule has 20 heteroatoms. The lowest BCUT2D eigenvalue weighted by Crippen LogP contribution is -2.55. The number of thiophene rings is 1. The molecular formula is C49H49ClN6O11S2. The third-order valence-electron chi connectivity index (χ3n) is 13.2. The van der Waals surface area contributed by atoms with Crippen LogP contribution < -0.4 is 25.2 Å². The predicted molar refractivity (Wildman–Crippen MR) is 261 cm³/mol. The monoisotopic (exact) mass is 996 g/mol. The van der Waals surface area contributed by atoms with Crippen molar-refractivity contribution in [2.45, 2.75) is 75.7 Å². The average Bonchev–Trinajstić information content (AvgIpc) is 3.93. The Morgan fingerprint density at radius 3 is 2.49 bits per heavy atom. The molecule has 5 aromatic rings. The maximum Gasteiger partial charge on any atom is 0.349 e. The molecule has 17 nitrogen and oxygen atoms in total. The summed E-state index contributed by atoms with van der Waals surface area (Å²) in [6.45, 7) is 4.72. The van der Waals surface area contributed by atoms with Gasteiger partial charge in [0.15, 0.2) is 17.2 Å². The third-order valence-corrected chi connectivity index (χ3v) is 16.9. The van der Waals surface area contributed by atoms with Crippen LogP contribution in [0.15, 0.2) is 78.9 Å². The number of sulfonamides is 1. The number of benzene rings is 4. The number of hydrogen-bond acceptors (Lipinski definition) is 11. The SMILES string of the molecule is CC1(C)C[C@@H](Nc2cccc(-c3sc(C(=O)O)c(OCC(=O)O)c3Cl)c2)CCN1S(=O)(=O)Cc1cccc(N2CCN(CCCc3ccc4c5c(cccc35)C(=O)N4C3CCC(=O)NC3=O)C2=O)c1. The summed E-state index contributed by atoms with van der Waals surface area (Å²) in [7, 11) is -3.81. The van der Waals surface area contributed by atoms with Gasteiger partial charge in [0.05, 0.1) is 16.3 Å². The van der Waals surface area contributed by atoms with Crippen molar-refractivity contribution < 1.29 is 52.1 Å². The Hall–Kier alpha value is -6.54. The number of halogens is 1. The van der Waals surface area contributed by atoms with Gasteiger partial charge in [-0.1, -0.05) is 54.1 Å². The quantitative estimate of drug-likeness (QED) is 0.0721. The molecule has 0 radical (unpaired) electrons. The van der Waals surface area contributed by atoms with Gasteiger partial charge in [0.1, 0.15) is 11.1 Å². The molecule has 9 rings (SSSR count). The molecule has 2 atom stereocenters. The Labute approximate surface area is 406 Å². The van der Waals surface area contributed by atoms with E-state index in [1.807, 2.05) is 50.2 Å². The molecule has 3 fully saturated rings. The van der Waals surface area contributed by atoms with E-state index >= 15 is 0 Å². The number of imide groups is 1. The zero-order valence-corrected chi connectivity index (χ0v) is 40.1. The summed E-state index contributed by atoms with van der Waals surface area (Å²) in [5.41, 5.74) is 3.90. The summed E-state index contributed by atoms with van der Waals surface area (Å²) in [5.74, 6) is -4.12. The van der Waals surface area contributed by atoms with Crippen LogP contribution >= 0.6 is 22.9 Å². The molecule has 4 aliphatic rings. The molecule has 0 saturated carbocycles. The Balaban J connectivity index is 0.805. The minimum Gasteiger partial charge on any atom is -0.479 e. The van der Waals surface area contributed by atoms with Crippen LogP contribution in [0.1, 0.15) is 77.1 Å². The number of carbonyl (C=O) groups is 6. The molecule has 4 aliphatic heterocycles. The van der Waals surface area contributed by atoms with Crippen molar-refractivity contribution >= 4 is 96.5 Å². The number of aliphatic carboxylic acids is 1. The third kappa shape index (κ3) is 9.35. The van der Waals surface area contributed by atoms with Crippen LogP contribution in [0, 0.1) is 0 Å². The molecule has 5 amide bonds. The Morgan fingerprint density at radius 2 is 1.74 bits per heavy atom. The Morgan fingerprint density at radius 1 is 0.957 bits per heavy atom. The molecule has 5 heterocycles. The molecule has 0 aliphatic carbocycles. The van der Waals surface area contributed by atoms with Crippen LogP contribution in [0.3, 0.4) is 0 Å². The van der Waals surface area contributed by atoms with Crippen molar-refractivity contribution in [1.82, 2.24) is 14.5 Å². The second-order valence-electron chi connectivity index (χ2n) is 18.3. The van der Waals surface area contributed by atoms with Gasteiger partial charge in [-0.05, 0) is 104 Å². The van der Waals surface area contributed by atoms with E-state index in [9.17, 15) is 42.3 Å². The van der Waals surface area contributed by atoms with Crippen molar-refractivity contribution in [3.05, 3.63) is 105 Å². The Bertz CT molecular complexity index is 3070. The van der Waals surface area contributed by atoms with Gasteiger partial charge < -0.3 is 25.2 Å². The van der Waals surface area contributed by atoms with Crippen LogP contribution in [0.25, 0.3) is 21.2 Å². The molecule has 0 bridgehead atoms. The number of nitrogens with one attached hydrogen (secondary N) is 2. The molecule has 4 aromatic carbocycles. The highest BCUT2D eigenvalue weighted by atomic mass is 35.5. The molecule has 1 aromatic heterocycles. The number of nitrogens with zero attached hydrogens (tertiary/aromatic N) is 4. The Kier molecular flexibility index (Phi) is 12.9. The zero-order valence-electron chi connectivity index (χ0n) is 37.7. The van der Waals surface area contributed by atoms with Crippen LogP contribution in [0.4, 0.5) is 21.9 Å². The first-order chi connectivity index (χ1) is 32.9. The van der Waals surface area contributed by atoms with E-state index in [2.05, 4.69) is 10.6 Å². The number of carboxylic acid groups (broad SMARTS) is 2. The normalized spacial score (nSPS) is 19.4. The number of urea groups is 1. The summed E-state index contributed by atoms with van der Waals surface area (Å²) >= 11 is 7.41. The lowest BCUT2D eigenvalue weighted by atomic mass is 9.89. The van der Waals surface area contributed by atoms with E-state index < -0.39 is 46.1 Å². The zero-order chi connectivity index (χ0) is 48.9. The molecule has 4 N–H and O–H groups in total. The van der Waals surface area contributed by atoms with E-state index in [4.69, 9.17) is 21.4 Å². The number of carboxylic acids is 2. The first kappa shape index (κ1) is 47.5. The number of hydrogen-bond donors (Lipinski definition) is 4. The lowest BCUT2D eigenvalue weighted by Gasteiger charge is -2.45. The number of aromatic carboxylic acids is 1. The summed E-state index contributed by atoms with van der Waals surface area (Å²) in [4.78, 5) is 80.1. The van der Waals surface area contributed by atoms with E-state index in [0.29, 0.717) is 83.9 Å². The van der Waals surface area contributed by atoms with Gasteiger partial charge in [-0.25, -0.2) is 22.8 Å². The van der Waals surface area contributed by atoms with Gasteiger partial charge >= 0.3 is 18.0 Å². The number of carbonyl (C=O) groups excluding carboxylic acids is 4. The second-order valence-corrected chi connectivity index (χ2v) is 21.5. The number of aryl methyl sites for hydroxylation is 1. The van der Waals surface area contributed by atoms with Crippen molar-refractivity contribution in [3.63, 3.8) is 0 Å². The van der Waals surface area contributed by atoms with Gasteiger partial charge in [0.2, 0.25) is 21.8 Å². The molecular weight excluding hydrogens is 948 g/mol. The van der Waals surface area contributed by atoms with Crippen molar-refractivity contribution in [1.29, 1.82) is 0 Å². The number of ether oxygens (including phenoxy) is 1. The maximum absolute atomic E-state index is 14.1. The summed E-state index contributed by atoms with van der Waals surface area (Å²) < 4.78 is 35.1. The van der Waals surface area contributed by atoms with Crippen molar-refractivity contribution in [2.24, 2.45) is 0 Å². The van der Waals surface area contributed by atoms with E-state index in [1.54, 1.807) is 56.6 Å². The van der Waals surface area contributed by atoms with E-state index in [-0.39, 0.29) is 64.7 Å². The summed E-state index contributed by atoms with van der Waals surface area (Å²) in [6, 6.07) is 22.6. The van der Waals surface area contributed by atoms with Crippen molar-refractivity contribution in [3.8, 4) is 16.2 Å². The number of piperidine rings is 2. The highest BCUT2D eigenvalue weighted by Crippen LogP contribution is 2.46. The smallest absolute Gasteiger partial charge is 0.349 e. The van der Waals surface area contributed by atoms with Gasteiger partial charge in [-0.15, -0.1) is 11.3 Å². The lowest BCUT2D eigenvalue weighted by molar-refractivity contribution is -0.139. The van der Waals surface area contributed by atoms with E-state index in [1.165, 1.54) is 4.90 Å². The first-order valence-electron chi connectivity index (χ1n) is 22.5. The average molecular weight is 998 g/mol. The molecule has 0 spiro atoms. The highest BCUT2D eigenvalue weighted by Gasteiger charge is 2.43. The number of amides is 5. The minimum absolute atomic E-state index is 0.00161. The molecule has 3 saturated heterocycles. The van der Waals surface area contributed by atoms with Crippen LogP contribution in [0.5, 0.6) is 5.75 Å².